The minimum absolute atomic E-state index is 0.0310. The molecule has 1 aromatic carbocycles. The maximum absolute atomic E-state index is 12.7. The lowest BCUT2D eigenvalue weighted by molar-refractivity contribution is -0.126. The van der Waals surface area contributed by atoms with Crippen LogP contribution in [0.25, 0.3) is 11.0 Å². The van der Waals surface area contributed by atoms with Gasteiger partial charge in [-0.15, -0.1) is 11.3 Å². The van der Waals surface area contributed by atoms with Gasteiger partial charge in [-0.25, -0.2) is 4.98 Å². The number of nitrogens with zero attached hydrogens (tertiary/aromatic N) is 3. The molecule has 1 aliphatic rings. The summed E-state index contributed by atoms with van der Waals surface area (Å²) in [6.07, 6.45) is 5.53. The maximum Gasteiger partial charge on any atom is 0.246 e. The first-order chi connectivity index (χ1) is 13.0. The van der Waals surface area contributed by atoms with E-state index in [1.165, 1.54) is 4.88 Å². The average molecular weight is 383 g/mol. The van der Waals surface area contributed by atoms with E-state index >= 15 is 0 Å². The van der Waals surface area contributed by atoms with E-state index in [0.717, 1.165) is 33.4 Å². The molecule has 140 valence electrons. The summed E-state index contributed by atoms with van der Waals surface area (Å²) >= 11 is 1.64. The minimum Gasteiger partial charge on any atom is -0.454 e. The molecule has 27 heavy (non-hydrogen) atoms. The van der Waals surface area contributed by atoms with Crippen molar-refractivity contribution in [2.75, 3.05) is 13.3 Å². The van der Waals surface area contributed by atoms with Crippen molar-refractivity contribution in [2.24, 2.45) is 0 Å². The fourth-order valence-corrected chi connectivity index (χ4v) is 4.02. The summed E-state index contributed by atoms with van der Waals surface area (Å²) in [5.41, 5.74) is 2.88. The Kier molecular flexibility index (Phi) is 4.61. The number of hydrogen-bond acceptors (Lipinski definition) is 5. The Morgan fingerprint density at radius 3 is 2.96 bits per heavy atom. The van der Waals surface area contributed by atoms with Gasteiger partial charge >= 0.3 is 0 Å². The summed E-state index contributed by atoms with van der Waals surface area (Å²) in [4.78, 5) is 21.2. The lowest BCUT2D eigenvalue weighted by Crippen LogP contribution is -2.28. The predicted octanol–water partition coefficient (Wildman–Crippen LogP) is 3.80. The zero-order valence-electron chi connectivity index (χ0n) is 15.6. The van der Waals surface area contributed by atoms with Crippen LogP contribution in [-0.4, -0.2) is 33.5 Å². The SMILES string of the molecule is CCN(Cc1ccc2c(c1)OCO2)C(=O)/C=C\c1c(C)nc2sc(C)cn12. The van der Waals surface area contributed by atoms with E-state index in [1.54, 1.807) is 22.3 Å². The molecule has 4 rings (SSSR count). The van der Waals surface area contributed by atoms with E-state index in [4.69, 9.17) is 9.47 Å². The first-order valence-corrected chi connectivity index (χ1v) is 9.67. The highest BCUT2D eigenvalue weighted by Crippen LogP contribution is 2.32. The Labute approximate surface area is 161 Å². The molecule has 0 N–H and O–H groups in total. The highest BCUT2D eigenvalue weighted by atomic mass is 32.1. The van der Waals surface area contributed by atoms with Gasteiger partial charge in [0.05, 0.1) is 11.4 Å². The quantitative estimate of drug-likeness (QED) is 0.629. The standard InChI is InChI=1S/C20H21N3O3S/c1-4-22(11-15-5-7-17-18(9-15)26-12-25-17)19(24)8-6-16-14(3)21-20-23(16)10-13(2)27-20/h5-10H,4,11-12H2,1-3H3/b8-6-. The Balaban J connectivity index is 1.51. The molecule has 6 nitrogen and oxygen atoms in total. The van der Waals surface area contributed by atoms with Crippen molar-refractivity contribution >= 4 is 28.3 Å². The van der Waals surface area contributed by atoms with Crippen molar-refractivity contribution < 1.29 is 14.3 Å². The number of aryl methyl sites for hydroxylation is 2. The number of benzene rings is 1. The lowest BCUT2D eigenvalue weighted by Gasteiger charge is -2.19. The van der Waals surface area contributed by atoms with E-state index in [-0.39, 0.29) is 12.7 Å². The van der Waals surface area contributed by atoms with Crippen LogP contribution in [0, 0.1) is 13.8 Å². The van der Waals surface area contributed by atoms with E-state index in [9.17, 15) is 4.79 Å². The third-order valence-corrected chi connectivity index (χ3v) is 5.45. The second-order valence-corrected chi connectivity index (χ2v) is 7.66. The van der Waals surface area contributed by atoms with Gasteiger partial charge < -0.3 is 14.4 Å². The highest BCUT2D eigenvalue weighted by Gasteiger charge is 2.16. The molecule has 7 heteroatoms. The number of rotatable bonds is 5. The number of likely N-dealkylation sites (N-methyl/N-ethyl adjacent to an activating group) is 1. The Bertz CT molecular complexity index is 1030. The van der Waals surface area contributed by atoms with Crippen molar-refractivity contribution in [3.63, 3.8) is 0 Å². The van der Waals surface area contributed by atoms with Crippen molar-refractivity contribution in [3.8, 4) is 11.5 Å². The number of hydrogen-bond donors (Lipinski definition) is 0. The van der Waals surface area contributed by atoms with Gasteiger partial charge in [0.2, 0.25) is 12.7 Å². The largest absolute Gasteiger partial charge is 0.454 e. The first kappa shape index (κ1) is 17.6. The second kappa shape index (κ2) is 7.08. The molecule has 0 saturated heterocycles. The molecule has 0 saturated carbocycles. The zero-order valence-corrected chi connectivity index (χ0v) is 16.4. The Morgan fingerprint density at radius 1 is 1.33 bits per heavy atom. The number of imidazole rings is 1. The van der Waals surface area contributed by atoms with Crippen molar-refractivity contribution in [1.29, 1.82) is 0 Å². The van der Waals surface area contributed by atoms with Crippen LogP contribution in [0.15, 0.2) is 30.5 Å². The number of fused-ring (bicyclic) bond motifs is 2. The molecule has 0 fully saturated rings. The van der Waals surface area contributed by atoms with Gasteiger partial charge in [0.25, 0.3) is 0 Å². The molecule has 1 amide bonds. The lowest BCUT2D eigenvalue weighted by atomic mass is 10.2. The summed E-state index contributed by atoms with van der Waals surface area (Å²) in [6, 6.07) is 5.78. The van der Waals surface area contributed by atoms with Crippen LogP contribution in [0.5, 0.6) is 11.5 Å². The average Bonchev–Trinajstić information content (AvgIpc) is 3.31. The molecular formula is C20H21N3O3S. The molecule has 0 atom stereocenters. The van der Waals surface area contributed by atoms with Crippen LogP contribution in [-0.2, 0) is 11.3 Å². The zero-order chi connectivity index (χ0) is 19.0. The number of thiazole rings is 1. The van der Waals surface area contributed by atoms with Gasteiger partial charge in [-0.1, -0.05) is 6.07 Å². The summed E-state index contributed by atoms with van der Waals surface area (Å²) in [5, 5.41) is 0. The molecule has 0 aliphatic carbocycles. The minimum atomic E-state index is -0.0310. The molecule has 0 bridgehead atoms. The van der Waals surface area contributed by atoms with Crippen LogP contribution in [0.1, 0.15) is 28.8 Å². The smallest absolute Gasteiger partial charge is 0.246 e. The molecule has 2 aromatic heterocycles. The van der Waals surface area contributed by atoms with E-state index in [2.05, 4.69) is 11.9 Å². The number of aromatic nitrogens is 2. The third kappa shape index (κ3) is 3.42. The van der Waals surface area contributed by atoms with Crippen molar-refractivity contribution in [1.82, 2.24) is 14.3 Å². The first-order valence-electron chi connectivity index (χ1n) is 8.85. The van der Waals surface area contributed by atoms with Gasteiger partial charge in [0.1, 0.15) is 0 Å². The van der Waals surface area contributed by atoms with Gasteiger partial charge in [0.15, 0.2) is 16.5 Å². The van der Waals surface area contributed by atoms with E-state index in [1.807, 2.05) is 48.7 Å². The molecule has 3 heterocycles. The fourth-order valence-electron chi connectivity index (χ4n) is 3.14. The molecular weight excluding hydrogens is 362 g/mol. The fraction of sp³-hybridized carbons (Fsp3) is 0.300. The summed E-state index contributed by atoms with van der Waals surface area (Å²) in [7, 11) is 0. The van der Waals surface area contributed by atoms with E-state index < -0.39 is 0 Å². The molecule has 0 spiro atoms. The van der Waals surface area contributed by atoms with Gasteiger partial charge in [0, 0.05) is 30.2 Å². The number of ether oxygens (including phenoxy) is 2. The topological polar surface area (TPSA) is 56.1 Å². The van der Waals surface area contributed by atoms with Crippen LogP contribution in [0.4, 0.5) is 0 Å². The normalized spacial score (nSPS) is 13.0. The highest BCUT2D eigenvalue weighted by molar-refractivity contribution is 7.17. The predicted molar refractivity (Wildman–Crippen MR) is 105 cm³/mol. The van der Waals surface area contributed by atoms with Crippen molar-refractivity contribution in [2.45, 2.75) is 27.3 Å². The summed E-state index contributed by atoms with van der Waals surface area (Å²) < 4.78 is 12.8. The maximum atomic E-state index is 12.7. The van der Waals surface area contributed by atoms with Crippen LogP contribution in [0.3, 0.4) is 0 Å². The van der Waals surface area contributed by atoms with E-state index in [0.29, 0.717) is 13.1 Å². The molecule has 0 unspecified atom stereocenters. The Hall–Kier alpha value is -2.80. The molecule has 1 aliphatic heterocycles. The Morgan fingerprint density at radius 2 is 2.15 bits per heavy atom. The monoisotopic (exact) mass is 383 g/mol. The summed E-state index contributed by atoms with van der Waals surface area (Å²) in [5.74, 6) is 1.45. The summed E-state index contributed by atoms with van der Waals surface area (Å²) in [6.45, 7) is 7.38. The van der Waals surface area contributed by atoms with Crippen LogP contribution in [0.2, 0.25) is 0 Å². The molecule has 0 radical (unpaired) electrons. The van der Waals surface area contributed by atoms with Crippen molar-refractivity contribution in [3.05, 3.63) is 52.3 Å². The van der Waals surface area contributed by atoms with Gasteiger partial charge in [-0.2, -0.15) is 0 Å². The van der Waals surface area contributed by atoms with Gasteiger partial charge in [-0.3, -0.25) is 9.20 Å². The third-order valence-electron chi connectivity index (χ3n) is 4.55. The molecule has 3 aromatic rings. The van der Waals surface area contributed by atoms with Gasteiger partial charge in [-0.05, 0) is 44.5 Å². The number of carbonyl (C=O) groups excluding carboxylic acids is 1. The second-order valence-electron chi connectivity index (χ2n) is 6.45. The number of carbonyl (C=O) groups is 1. The van der Waals surface area contributed by atoms with Crippen LogP contribution >= 0.6 is 11.3 Å². The van der Waals surface area contributed by atoms with Crippen LogP contribution < -0.4 is 9.47 Å². The number of amides is 1.